The molecule has 0 unspecified atom stereocenters. The molecule has 1 aromatic carbocycles. The third-order valence-corrected chi connectivity index (χ3v) is 3.83. The van der Waals surface area contributed by atoms with Crippen molar-refractivity contribution in [3.05, 3.63) is 53.5 Å². The third kappa shape index (κ3) is 2.57. The van der Waals surface area contributed by atoms with Crippen LogP contribution in [0.15, 0.2) is 42.1 Å². The quantitative estimate of drug-likeness (QED) is 0.613. The summed E-state index contributed by atoms with van der Waals surface area (Å²) in [5.41, 5.74) is 4.73. The largest absolute Gasteiger partial charge is 0.207 e. The molecule has 0 heterocycles. The van der Waals surface area contributed by atoms with Gasteiger partial charge in [-0.05, 0) is 37.0 Å². The van der Waals surface area contributed by atoms with Crippen LogP contribution in [0.1, 0.15) is 52.0 Å². The first-order chi connectivity index (χ1) is 8.70. The van der Waals surface area contributed by atoms with Crippen molar-refractivity contribution in [3.8, 4) is 0 Å². The Bertz CT molecular complexity index is 433. The molecule has 0 radical (unpaired) electrons. The highest BCUT2D eigenvalue weighted by Gasteiger charge is 2.38. The molecule has 1 saturated carbocycles. The van der Waals surface area contributed by atoms with Crippen molar-refractivity contribution in [2.75, 3.05) is 0 Å². The standard InChI is InChI=1S/C15H17F.C2H6/c1-3-12(2)15(10-6-7-11-15)13-8-4-5-9-14(13)16;1-2/h4-5,8-9H,1,6-7,10-11H2,2H3;1-2H3. The Morgan fingerprint density at radius 1 is 1.22 bits per heavy atom. The van der Waals surface area contributed by atoms with E-state index in [1.807, 2.05) is 32.9 Å². The van der Waals surface area contributed by atoms with Gasteiger partial charge in [-0.25, -0.2) is 4.39 Å². The number of rotatable bonds is 2. The maximum absolute atomic E-state index is 13.9. The fraction of sp³-hybridized carbons (Fsp3) is 0.471. The van der Waals surface area contributed by atoms with Gasteiger partial charge < -0.3 is 0 Å². The smallest absolute Gasteiger partial charge is 0.127 e. The molecule has 0 spiro atoms. The second-order valence-electron chi connectivity index (χ2n) is 4.57. The highest BCUT2D eigenvalue weighted by molar-refractivity contribution is 5.37. The average Bonchev–Trinajstić information content (AvgIpc) is 2.91. The predicted molar refractivity (Wildman–Crippen MR) is 76.2 cm³/mol. The van der Waals surface area contributed by atoms with Crippen molar-refractivity contribution in [3.63, 3.8) is 0 Å². The van der Waals surface area contributed by atoms with E-state index in [2.05, 4.69) is 12.3 Å². The molecule has 1 heteroatoms. The summed E-state index contributed by atoms with van der Waals surface area (Å²) >= 11 is 0. The summed E-state index contributed by atoms with van der Waals surface area (Å²) in [5, 5.41) is 0. The highest BCUT2D eigenvalue weighted by atomic mass is 19.1. The summed E-state index contributed by atoms with van der Waals surface area (Å²) in [6.45, 7) is 9.74. The lowest BCUT2D eigenvalue weighted by Crippen LogP contribution is -2.24. The molecule has 1 aromatic rings. The van der Waals surface area contributed by atoms with E-state index in [-0.39, 0.29) is 11.2 Å². The predicted octanol–water partition coefficient (Wildman–Crippen LogP) is 5.39. The number of halogens is 1. The third-order valence-electron chi connectivity index (χ3n) is 3.83. The van der Waals surface area contributed by atoms with E-state index in [0.29, 0.717) is 0 Å². The SMILES string of the molecule is C=C=C(C)C1(c2ccccc2F)CCCC1.CC. The van der Waals surface area contributed by atoms with Crippen LogP contribution in [-0.2, 0) is 5.41 Å². The van der Waals surface area contributed by atoms with Gasteiger partial charge in [-0.1, -0.05) is 51.5 Å². The van der Waals surface area contributed by atoms with Gasteiger partial charge in [0.1, 0.15) is 5.82 Å². The van der Waals surface area contributed by atoms with E-state index in [9.17, 15) is 4.39 Å². The monoisotopic (exact) mass is 246 g/mol. The van der Waals surface area contributed by atoms with Crippen LogP contribution in [0.5, 0.6) is 0 Å². The number of hydrogen-bond acceptors (Lipinski definition) is 0. The van der Waals surface area contributed by atoms with Crippen molar-refractivity contribution < 1.29 is 4.39 Å². The van der Waals surface area contributed by atoms with Crippen molar-refractivity contribution in [1.29, 1.82) is 0 Å². The molecule has 0 aliphatic heterocycles. The molecule has 0 amide bonds. The normalized spacial score (nSPS) is 16.4. The van der Waals surface area contributed by atoms with E-state index in [1.54, 1.807) is 12.1 Å². The summed E-state index contributed by atoms with van der Waals surface area (Å²) in [4.78, 5) is 0. The van der Waals surface area contributed by atoms with Crippen molar-refractivity contribution in [2.45, 2.75) is 51.9 Å². The molecule has 0 saturated heterocycles. The average molecular weight is 246 g/mol. The molecule has 0 atom stereocenters. The van der Waals surface area contributed by atoms with E-state index in [0.717, 1.165) is 36.8 Å². The molecule has 1 aliphatic rings. The summed E-state index contributed by atoms with van der Waals surface area (Å²) in [6.07, 6.45) is 4.35. The summed E-state index contributed by atoms with van der Waals surface area (Å²) in [7, 11) is 0. The number of benzene rings is 1. The first-order valence-electron chi connectivity index (χ1n) is 6.83. The molecule has 0 aromatic heterocycles. The first-order valence-corrected chi connectivity index (χ1v) is 6.83. The Morgan fingerprint density at radius 3 is 2.28 bits per heavy atom. The van der Waals surface area contributed by atoms with Crippen LogP contribution < -0.4 is 0 Å². The summed E-state index contributed by atoms with van der Waals surface area (Å²) in [5.74, 6) is -0.0981. The summed E-state index contributed by atoms with van der Waals surface area (Å²) in [6, 6.07) is 7.11. The highest BCUT2D eigenvalue weighted by Crippen LogP contribution is 2.46. The molecule has 1 fully saturated rings. The van der Waals surface area contributed by atoms with Crippen molar-refractivity contribution >= 4 is 0 Å². The van der Waals surface area contributed by atoms with E-state index in [4.69, 9.17) is 0 Å². The zero-order valence-electron chi connectivity index (χ0n) is 11.7. The van der Waals surface area contributed by atoms with E-state index < -0.39 is 0 Å². The topological polar surface area (TPSA) is 0 Å². The molecule has 0 bridgehead atoms. The van der Waals surface area contributed by atoms with Gasteiger partial charge in [0.15, 0.2) is 0 Å². The second kappa shape index (κ2) is 6.56. The maximum atomic E-state index is 13.9. The zero-order chi connectivity index (χ0) is 13.6. The Morgan fingerprint density at radius 2 is 1.78 bits per heavy atom. The van der Waals surface area contributed by atoms with E-state index in [1.165, 1.54) is 0 Å². The fourth-order valence-electron chi connectivity index (χ4n) is 2.84. The molecule has 98 valence electrons. The summed E-state index contributed by atoms with van der Waals surface area (Å²) < 4.78 is 13.9. The van der Waals surface area contributed by atoms with Crippen molar-refractivity contribution in [2.24, 2.45) is 0 Å². The fourth-order valence-corrected chi connectivity index (χ4v) is 2.84. The minimum atomic E-state index is -0.146. The Kier molecular flexibility index (Phi) is 5.37. The van der Waals surface area contributed by atoms with Crippen LogP contribution in [0.2, 0.25) is 0 Å². The maximum Gasteiger partial charge on any atom is 0.127 e. The van der Waals surface area contributed by atoms with Gasteiger partial charge in [-0.2, -0.15) is 0 Å². The Hall–Kier alpha value is -1.33. The molecule has 2 rings (SSSR count). The van der Waals surface area contributed by atoms with Gasteiger partial charge in [0.05, 0.1) is 0 Å². The first kappa shape index (κ1) is 14.7. The molecular weight excluding hydrogens is 223 g/mol. The van der Waals surface area contributed by atoms with Gasteiger partial charge in [-0.15, -0.1) is 5.73 Å². The van der Waals surface area contributed by atoms with Gasteiger partial charge in [0.25, 0.3) is 0 Å². The number of allylic oxidation sites excluding steroid dienone is 1. The van der Waals surface area contributed by atoms with Crippen LogP contribution in [0.3, 0.4) is 0 Å². The van der Waals surface area contributed by atoms with Crippen LogP contribution in [0, 0.1) is 5.82 Å². The van der Waals surface area contributed by atoms with Gasteiger partial charge in [-0.3, -0.25) is 0 Å². The second-order valence-corrected chi connectivity index (χ2v) is 4.57. The number of hydrogen-bond donors (Lipinski definition) is 0. The lowest BCUT2D eigenvalue weighted by Gasteiger charge is -2.30. The lowest BCUT2D eigenvalue weighted by atomic mass is 9.73. The van der Waals surface area contributed by atoms with Crippen LogP contribution >= 0.6 is 0 Å². The zero-order valence-corrected chi connectivity index (χ0v) is 11.7. The van der Waals surface area contributed by atoms with Crippen LogP contribution in [-0.4, -0.2) is 0 Å². The minimum absolute atomic E-state index is 0.0981. The minimum Gasteiger partial charge on any atom is -0.207 e. The molecule has 0 nitrogen and oxygen atoms in total. The molecule has 0 N–H and O–H groups in total. The van der Waals surface area contributed by atoms with Crippen molar-refractivity contribution in [1.82, 2.24) is 0 Å². The van der Waals surface area contributed by atoms with Crippen LogP contribution in [0.25, 0.3) is 0 Å². The van der Waals surface area contributed by atoms with Gasteiger partial charge in [0, 0.05) is 5.41 Å². The van der Waals surface area contributed by atoms with E-state index >= 15 is 0 Å². The Labute approximate surface area is 110 Å². The van der Waals surface area contributed by atoms with Crippen LogP contribution in [0.4, 0.5) is 4.39 Å². The van der Waals surface area contributed by atoms with Gasteiger partial charge in [0.2, 0.25) is 0 Å². The Balaban J connectivity index is 0.000000771. The lowest BCUT2D eigenvalue weighted by molar-refractivity contribution is 0.482. The molecular formula is C17H23F. The molecule has 18 heavy (non-hydrogen) atoms. The van der Waals surface area contributed by atoms with Gasteiger partial charge >= 0.3 is 0 Å². The molecule has 1 aliphatic carbocycles.